The van der Waals surface area contributed by atoms with Gasteiger partial charge in [-0.3, -0.25) is 9.69 Å². The van der Waals surface area contributed by atoms with Crippen molar-refractivity contribution in [1.29, 1.82) is 0 Å². The highest BCUT2D eigenvalue weighted by Crippen LogP contribution is 2.30. The van der Waals surface area contributed by atoms with Gasteiger partial charge in [0.1, 0.15) is 5.82 Å². The minimum Gasteiger partial charge on any atom is -0.381 e. The molecule has 26 heavy (non-hydrogen) atoms. The number of methoxy groups -OCH3 is 1. The fourth-order valence-electron chi connectivity index (χ4n) is 4.06. The van der Waals surface area contributed by atoms with Gasteiger partial charge in [-0.05, 0) is 43.9 Å². The van der Waals surface area contributed by atoms with Crippen molar-refractivity contribution >= 4 is 5.91 Å². The highest BCUT2D eigenvalue weighted by atomic mass is 19.1. The zero-order chi connectivity index (χ0) is 18.5. The molecule has 1 aromatic rings. The quantitative estimate of drug-likeness (QED) is 0.778. The van der Waals surface area contributed by atoms with E-state index in [0.29, 0.717) is 26.2 Å². The Hall–Kier alpha value is -1.50. The number of nitrogens with zero attached hydrogens (tertiary/aromatic N) is 2. The summed E-state index contributed by atoms with van der Waals surface area (Å²) in [5, 5.41) is 0. The molecule has 1 saturated heterocycles. The zero-order valence-corrected chi connectivity index (χ0v) is 15.7. The van der Waals surface area contributed by atoms with Crippen molar-refractivity contribution in [3.05, 3.63) is 35.6 Å². The van der Waals surface area contributed by atoms with E-state index in [1.54, 1.807) is 18.1 Å². The van der Waals surface area contributed by atoms with E-state index in [0.717, 1.165) is 31.4 Å². The molecule has 1 amide bonds. The number of benzene rings is 1. The molecule has 0 N–H and O–H groups in total. The minimum absolute atomic E-state index is 0.0805. The molecule has 1 aromatic carbocycles. The second-order valence-electron chi connectivity index (χ2n) is 7.16. The summed E-state index contributed by atoms with van der Waals surface area (Å²) in [7, 11) is 1.75. The number of ether oxygens (including phenoxy) is 2. The molecule has 3 atom stereocenters. The average Bonchev–Trinajstić information content (AvgIpc) is 2.66. The number of likely N-dealkylation sites (N-methyl/N-ethyl adjacent to an activating group) is 1. The van der Waals surface area contributed by atoms with Crippen LogP contribution in [-0.4, -0.2) is 67.3 Å². The van der Waals surface area contributed by atoms with Crippen molar-refractivity contribution in [2.24, 2.45) is 0 Å². The molecule has 0 bridgehead atoms. The second-order valence-corrected chi connectivity index (χ2v) is 7.16. The van der Waals surface area contributed by atoms with Gasteiger partial charge in [0.25, 0.3) is 0 Å². The number of rotatable bonds is 6. The Balaban J connectivity index is 1.62. The summed E-state index contributed by atoms with van der Waals surface area (Å²) in [6.07, 6.45) is 3.34. The standard InChI is InChI=1S/C20H29FN2O3/c1-3-22(13-15-5-4-6-16(21)11-15)20(24)14-23-9-10-26-19-8-7-17(25-2)12-18(19)23/h4-6,11,17-19H,3,7-10,12-14H2,1-2H3. The predicted molar refractivity (Wildman–Crippen MR) is 97.2 cm³/mol. The Morgan fingerprint density at radius 2 is 2.27 bits per heavy atom. The maximum Gasteiger partial charge on any atom is 0.237 e. The largest absolute Gasteiger partial charge is 0.381 e. The number of morpholine rings is 1. The molecule has 1 saturated carbocycles. The number of fused-ring (bicyclic) bond motifs is 1. The number of halogens is 1. The van der Waals surface area contributed by atoms with Gasteiger partial charge >= 0.3 is 0 Å². The van der Waals surface area contributed by atoms with Crippen molar-refractivity contribution in [3.63, 3.8) is 0 Å². The molecule has 1 aliphatic carbocycles. The lowest BCUT2D eigenvalue weighted by atomic mass is 9.88. The molecule has 6 heteroatoms. The lowest BCUT2D eigenvalue weighted by Crippen LogP contribution is -2.57. The van der Waals surface area contributed by atoms with Crippen LogP contribution < -0.4 is 0 Å². The highest BCUT2D eigenvalue weighted by molar-refractivity contribution is 5.78. The summed E-state index contributed by atoms with van der Waals surface area (Å²) in [6, 6.07) is 6.69. The molecule has 3 rings (SSSR count). The summed E-state index contributed by atoms with van der Waals surface area (Å²) in [4.78, 5) is 16.9. The van der Waals surface area contributed by atoms with Gasteiger partial charge in [0, 0.05) is 32.8 Å². The van der Waals surface area contributed by atoms with Crippen LogP contribution in [0.25, 0.3) is 0 Å². The summed E-state index contributed by atoms with van der Waals surface area (Å²) in [5.41, 5.74) is 0.817. The Morgan fingerprint density at radius 1 is 1.42 bits per heavy atom. The average molecular weight is 364 g/mol. The van der Waals surface area contributed by atoms with E-state index in [9.17, 15) is 9.18 Å². The van der Waals surface area contributed by atoms with Gasteiger partial charge in [-0.15, -0.1) is 0 Å². The van der Waals surface area contributed by atoms with E-state index in [-0.39, 0.29) is 30.0 Å². The van der Waals surface area contributed by atoms with Crippen LogP contribution in [0.2, 0.25) is 0 Å². The molecule has 2 fully saturated rings. The Labute approximate surface area is 155 Å². The van der Waals surface area contributed by atoms with E-state index in [2.05, 4.69) is 4.90 Å². The molecule has 0 spiro atoms. The number of hydrogen-bond donors (Lipinski definition) is 0. The van der Waals surface area contributed by atoms with Gasteiger partial charge in [-0.2, -0.15) is 0 Å². The van der Waals surface area contributed by atoms with Crippen LogP contribution in [0.15, 0.2) is 24.3 Å². The third-order valence-corrected chi connectivity index (χ3v) is 5.55. The van der Waals surface area contributed by atoms with Gasteiger partial charge in [0.15, 0.2) is 0 Å². The summed E-state index contributed by atoms with van der Waals surface area (Å²) in [6.45, 7) is 4.81. The zero-order valence-electron chi connectivity index (χ0n) is 15.7. The maximum absolute atomic E-state index is 13.4. The number of hydrogen-bond acceptors (Lipinski definition) is 4. The Bertz CT molecular complexity index is 612. The fourth-order valence-corrected chi connectivity index (χ4v) is 4.06. The third-order valence-electron chi connectivity index (χ3n) is 5.55. The summed E-state index contributed by atoms with van der Waals surface area (Å²) < 4.78 is 24.9. The summed E-state index contributed by atoms with van der Waals surface area (Å²) >= 11 is 0. The summed E-state index contributed by atoms with van der Waals surface area (Å²) in [5.74, 6) is -0.188. The first kappa shape index (κ1) is 19.3. The van der Waals surface area contributed by atoms with E-state index >= 15 is 0 Å². The monoisotopic (exact) mass is 364 g/mol. The molecule has 3 unspecified atom stereocenters. The lowest BCUT2D eigenvalue weighted by molar-refractivity contribution is -0.143. The van der Waals surface area contributed by atoms with Gasteiger partial charge in [-0.1, -0.05) is 12.1 Å². The van der Waals surface area contributed by atoms with E-state index in [1.165, 1.54) is 12.1 Å². The molecule has 0 radical (unpaired) electrons. The van der Waals surface area contributed by atoms with Crippen LogP contribution in [0.3, 0.4) is 0 Å². The SMILES string of the molecule is CCN(Cc1cccc(F)c1)C(=O)CN1CCOC2CCC(OC)CC21. The third kappa shape index (κ3) is 4.61. The molecule has 1 heterocycles. The predicted octanol–water partition coefficient (Wildman–Crippen LogP) is 2.44. The Morgan fingerprint density at radius 3 is 3.00 bits per heavy atom. The maximum atomic E-state index is 13.4. The second kappa shape index (κ2) is 8.93. The molecular formula is C20H29FN2O3. The normalized spacial score (nSPS) is 26.3. The van der Waals surface area contributed by atoms with Crippen LogP contribution in [0, 0.1) is 5.82 Å². The number of carbonyl (C=O) groups is 1. The van der Waals surface area contributed by atoms with Crippen molar-refractivity contribution in [2.75, 3.05) is 33.4 Å². The van der Waals surface area contributed by atoms with E-state index in [4.69, 9.17) is 9.47 Å². The number of amides is 1. The van der Waals surface area contributed by atoms with Crippen LogP contribution >= 0.6 is 0 Å². The molecule has 1 aliphatic heterocycles. The smallest absolute Gasteiger partial charge is 0.237 e. The van der Waals surface area contributed by atoms with Crippen LogP contribution in [-0.2, 0) is 20.8 Å². The van der Waals surface area contributed by atoms with Crippen molar-refractivity contribution in [2.45, 2.75) is 51.0 Å². The first-order chi connectivity index (χ1) is 12.6. The van der Waals surface area contributed by atoms with Crippen molar-refractivity contribution < 1.29 is 18.7 Å². The van der Waals surface area contributed by atoms with Crippen LogP contribution in [0.4, 0.5) is 4.39 Å². The van der Waals surface area contributed by atoms with Crippen molar-refractivity contribution in [3.8, 4) is 0 Å². The lowest BCUT2D eigenvalue weighted by Gasteiger charge is -2.45. The number of carbonyl (C=O) groups excluding carboxylic acids is 1. The van der Waals surface area contributed by atoms with Crippen molar-refractivity contribution in [1.82, 2.24) is 9.80 Å². The Kier molecular flexibility index (Phi) is 6.62. The molecule has 0 aromatic heterocycles. The van der Waals surface area contributed by atoms with Crippen LogP contribution in [0.1, 0.15) is 31.7 Å². The van der Waals surface area contributed by atoms with E-state index in [1.807, 2.05) is 13.0 Å². The van der Waals surface area contributed by atoms with E-state index < -0.39 is 0 Å². The highest BCUT2D eigenvalue weighted by Gasteiger charge is 2.38. The molecule has 5 nitrogen and oxygen atoms in total. The molecule has 2 aliphatic rings. The minimum atomic E-state index is -0.269. The topological polar surface area (TPSA) is 42.0 Å². The molecule has 144 valence electrons. The van der Waals surface area contributed by atoms with Gasteiger partial charge in [0.05, 0.1) is 25.4 Å². The van der Waals surface area contributed by atoms with Gasteiger partial charge in [-0.25, -0.2) is 4.39 Å². The van der Waals surface area contributed by atoms with Gasteiger partial charge in [0.2, 0.25) is 5.91 Å². The van der Waals surface area contributed by atoms with Crippen LogP contribution in [0.5, 0.6) is 0 Å². The fraction of sp³-hybridized carbons (Fsp3) is 0.650. The first-order valence-corrected chi connectivity index (χ1v) is 9.51. The first-order valence-electron chi connectivity index (χ1n) is 9.51. The van der Waals surface area contributed by atoms with Gasteiger partial charge < -0.3 is 14.4 Å². The molecular weight excluding hydrogens is 335 g/mol.